The van der Waals surface area contributed by atoms with Crippen molar-refractivity contribution in [3.8, 4) is 11.5 Å². The number of fused-ring (bicyclic) bond motifs is 2. The standard InChI is InChI=1S/C27H35NO9/c1-26(2,10-6-5-7-11-36-28(34)35)16-12-21(30)25(22(13-16)37-24(33)9-8-23(31)32)17-14-20(29)19-15-18(17)27(19,3)4/h8-9,12-13,17-19,30H,5-7,10-11,14-15H2,1-4H3,(H,31,32)/b9-8+/t17-,18+,19+/m1/s1. The molecule has 3 aliphatic carbocycles. The number of carbonyl (C=O) groups excluding carboxylic acids is 2. The van der Waals surface area contributed by atoms with Gasteiger partial charge in [0.1, 0.15) is 17.3 Å². The topological polar surface area (TPSA) is 153 Å². The number of rotatable bonds is 12. The monoisotopic (exact) mass is 517 g/mol. The molecule has 1 aromatic carbocycles. The number of Topliss-reactive ketones (excluding diaryl/α,β-unsaturated/α-hetero) is 1. The molecule has 202 valence electrons. The number of hydrogen-bond donors (Lipinski definition) is 2. The highest BCUT2D eigenvalue weighted by molar-refractivity contribution is 5.92. The highest BCUT2D eigenvalue weighted by Crippen LogP contribution is 2.64. The van der Waals surface area contributed by atoms with Gasteiger partial charge in [-0.15, -0.1) is 10.1 Å². The third kappa shape index (κ3) is 6.29. The van der Waals surface area contributed by atoms with Gasteiger partial charge in [0.15, 0.2) is 0 Å². The smallest absolute Gasteiger partial charge is 0.336 e. The van der Waals surface area contributed by atoms with Gasteiger partial charge in [0.2, 0.25) is 0 Å². The van der Waals surface area contributed by atoms with Crippen LogP contribution in [0.25, 0.3) is 0 Å². The van der Waals surface area contributed by atoms with E-state index in [1.54, 1.807) is 12.1 Å². The van der Waals surface area contributed by atoms with Crippen LogP contribution in [0.5, 0.6) is 11.5 Å². The largest absolute Gasteiger partial charge is 0.508 e. The summed E-state index contributed by atoms with van der Waals surface area (Å²) in [4.78, 5) is 50.7. The molecule has 0 saturated heterocycles. The third-order valence-electron chi connectivity index (χ3n) is 8.13. The Kier molecular flexibility index (Phi) is 8.29. The van der Waals surface area contributed by atoms with Crippen LogP contribution in [0.2, 0.25) is 0 Å². The quantitative estimate of drug-likeness (QED) is 0.100. The van der Waals surface area contributed by atoms with Gasteiger partial charge in [-0.2, -0.15) is 0 Å². The maximum absolute atomic E-state index is 12.8. The number of phenolic OH excluding ortho intramolecular Hbond substituents is 1. The van der Waals surface area contributed by atoms with Crippen molar-refractivity contribution < 1.29 is 39.3 Å². The van der Waals surface area contributed by atoms with Crippen molar-refractivity contribution in [2.75, 3.05) is 6.61 Å². The molecule has 4 rings (SSSR count). The molecule has 0 amide bonds. The lowest BCUT2D eigenvalue weighted by atomic mass is 9.44. The molecule has 3 atom stereocenters. The van der Waals surface area contributed by atoms with Crippen molar-refractivity contribution in [2.45, 2.75) is 77.6 Å². The molecule has 1 aromatic rings. The average Bonchev–Trinajstić information content (AvgIpc) is 2.78. The van der Waals surface area contributed by atoms with Crippen LogP contribution in [0.1, 0.15) is 83.3 Å². The first kappa shape index (κ1) is 28.1. The number of aromatic hydroxyl groups is 1. The van der Waals surface area contributed by atoms with Crippen LogP contribution in [0.4, 0.5) is 0 Å². The summed E-state index contributed by atoms with van der Waals surface area (Å²) < 4.78 is 5.57. The molecule has 0 aliphatic heterocycles. The summed E-state index contributed by atoms with van der Waals surface area (Å²) in [5.41, 5.74) is 0.445. The second-order valence-electron chi connectivity index (χ2n) is 11.2. The summed E-state index contributed by atoms with van der Waals surface area (Å²) >= 11 is 0. The first-order valence-corrected chi connectivity index (χ1v) is 12.5. The normalized spacial score (nSPS) is 22.4. The summed E-state index contributed by atoms with van der Waals surface area (Å²) in [5.74, 6) is -2.18. The first-order chi connectivity index (χ1) is 17.2. The van der Waals surface area contributed by atoms with E-state index < -0.39 is 22.4 Å². The van der Waals surface area contributed by atoms with Gasteiger partial charge in [-0.05, 0) is 53.7 Å². The van der Waals surface area contributed by atoms with E-state index in [4.69, 9.17) is 9.84 Å². The fourth-order valence-corrected chi connectivity index (χ4v) is 5.86. The molecule has 0 unspecified atom stereocenters. The number of esters is 1. The van der Waals surface area contributed by atoms with Crippen molar-refractivity contribution in [2.24, 2.45) is 17.3 Å². The second-order valence-corrected chi connectivity index (χ2v) is 11.2. The average molecular weight is 518 g/mol. The highest BCUT2D eigenvalue weighted by Gasteiger charge is 2.59. The van der Waals surface area contributed by atoms with E-state index in [0.717, 1.165) is 18.9 Å². The van der Waals surface area contributed by atoms with E-state index in [1.807, 2.05) is 27.7 Å². The summed E-state index contributed by atoms with van der Waals surface area (Å²) in [5, 5.41) is 29.5. The number of carboxylic acids is 1. The van der Waals surface area contributed by atoms with Crippen LogP contribution < -0.4 is 4.74 Å². The molecule has 3 aliphatic rings. The first-order valence-electron chi connectivity index (χ1n) is 12.5. The Balaban J connectivity index is 1.89. The Morgan fingerprint density at radius 3 is 2.51 bits per heavy atom. The van der Waals surface area contributed by atoms with E-state index in [2.05, 4.69) is 4.84 Å². The molecule has 10 heteroatoms. The summed E-state index contributed by atoms with van der Waals surface area (Å²) in [6, 6.07) is 3.34. The molecule has 0 heterocycles. The Bertz CT molecular complexity index is 1110. The number of nitrogens with zero attached hydrogens (tertiary/aromatic N) is 1. The van der Waals surface area contributed by atoms with Gasteiger partial charge < -0.3 is 19.8 Å². The van der Waals surface area contributed by atoms with E-state index in [-0.39, 0.29) is 53.5 Å². The van der Waals surface area contributed by atoms with Crippen LogP contribution in [-0.2, 0) is 24.6 Å². The fraction of sp³-hybridized carbons (Fsp3) is 0.593. The number of ether oxygens (including phenoxy) is 1. The number of benzene rings is 1. The van der Waals surface area contributed by atoms with Crippen LogP contribution in [0.3, 0.4) is 0 Å². The highest BCUT2D eigenvalue weighted by atomic mass is 16.9. The fourth-order valence-electron chi connectivity index (χ4n) is 5.86. The summed E-state index contributed by atoms with van der Waals surface area (Å²) in [6.45, 7) is 8.08. The van der Waals surface area contributed by atoms with Crippen molar-refractivity contribution in [3.05, 3.63) is 45.5 Å². The molecule has 2 N–H and O–H groups in total. The minimum atomic E-state index is -1.29. The SMILES string of the molecule is CC(C)(CCCCCO[N+](=O)[O-])c1cc(O)c([C@@H]2CC(=O)[C@@H]3C[C@@H]2C3(C)C)c(OC(=O)/C=C/C(=O)O)c1. The van der Waals surface area contributed by atoms with Crippen LogP contribution in [0.15, 0.2) is 24.3 Å². The van der Waals surface area contributed by atoms with Crippen molar-refractivity contribution in [3.63, 3.8) is 0 Å². The van der Waals surface area contributed by atoms with Crippen LogP contribution in [-0.4, -0.2) is 39.6 Å². The maximum Gasteiger partial charge on any atom is 0.336 e. The molecule has 10 nitrogen and oxygen atoms in total. The Hall–Kier alpha value is -3.43. The van der Waals surface area contributed by atoms with Crippen molar-refractivity contribution >= 4 is 17.7 Å². The van der Waals surface area contributed by atoms with E-state index >= 15 is 0 Å². The van der Waals surface area contributed by atoms with E-state index in [0.29, 0.717) is 36.5 Å². The van der Waals surface area contributed by atoms with Crippen molar-refractivity contribution in [1.82, 2.24) is 0 Å². The Morgan fingerprint density at radius 2 is 1.92 bits per heavy atom. The zero-order chi connectivity index (χ0) is 27.5. The molecular weight excluding hydrogens is 482 g/mol. The van der Waals surface area contributed by atoms with Gasteiger partial charge in [0.25, 0.3) is 5.09 Å². The molecular formula is C27H35NO9. The van der Waals surface area contributed by atoms with E-state index in [1.165, 1.54) is 0 Å². The number of ketones is 1. The van der Waals surface area contributed by atoms with Gasteiger partial charge in [0.05, 0.1) is 6.61 Å². The number of phenols is 1. The number of aliphatic carboxylic acids is 1. The molecule has 0 radical (unpaired) electrons. The lowest BCUT2D eigenvalue weighted by Gasteiger charge is -2.59. The summed E-state index contributed by atoms with van der Waals surface area (Å²) in [7, 11) is 0. The predicted molar refractivity (Wildman–Crippen MR) is 133 cm³/mol. The summed E-state index contributed by atoms with van der Waals surface area (Å²) in [6.07, 6.45) is 5.15. The number of carboxylic acid groups (broad SMARTS) is 1. The zero-order valence-electron chi connectivity index (χ0n) is 21.7. The molecule has 0 spiro atoms. The Labute approximate surface area is 215 Å². The number of hydrogen-bond acceptors (Lipinski definition) is 8. The van der Waals surface area contributed by atoms with Crippen molar-refractivity contribution in [1.29, 1.82) is 0 Å². The molecule has 37 heavy (non-hydrogen) atoms. The molecule has 2 bridgehead atoms. The molecule has 3 saturated carbocycles. The number of unbranched alkanes of at least 4 members (excludes halogenated alkanes) is 2. The minimum absolute atomic E-state index is 0.00523. The lowest BCUT2D eigenvalue weighted by Crippen LogP contribution is -2.56. The third-order valence-corrected chi connectivity index (χ3v) is 8.13. The van der Waals surface area contributed by atoms with Gasteiger partial charge in [0, 0.05) is 36.0 Å². The minimum Gasteiger partial charge on any atom is -0.508 e. The van der Waals surface area contributed by atoms with E-state index in [9.17, 15) is 29.6 Å². The number of carbonyl (C=O) groups is 3. The lowest BCUT2D eigenvalue weighted by molar-refractivity contribution is -0.757. The molecule has 0 aromatic heterocycles. The van der Waals surface area contributed by atoms with Gasteiger partial charge >= 0.3 is 11.9 Å². The van der Waals surface area contributed by atoms with Gasteiger partial charge in [-0.3, -0.25) is 4.79 Å². The van der Waals surface area contributed by atoms with Crippen LogP contribution in [0, 0.1) is 27.4 Å². The predicted octanol–water partition coefficient (Wildman–Crippen LogP) is 4.70. The van der Waals surface area contributed by atoms with Gasteiger partial charge in [-0.25, -0.2) is 9.59 Å². The van der Waals surface area contributed by atoms with Crippen LogP contribution >= 0.6 is 0 Å². The molecule has 3 fully saturated rings. The second kappa shape index (κ2) is 10.9. The Morgan fingerprint density at radius 1 is 1.22 bits per heavy atom. The maximum atomic E-state index is 12.8. The zero-order valence-corrected chi connectivity index (χ0v) is 21.7. The van der Waals surface area contributed by atoms with Gasteiger partial charge in [-0.1, -0.05) is 40.5 Å².